The topological polar surface area (TPSA) is 78.0 Å². The van der Waals surface area contributed by atoms with E-state index in [0.29, 0.717) is 5.56 Å². The molecule has 5 rings (SSSR count). The van der Waals surface area contributed by atoms with Crippen LogP contribution in [0.5, 0.6) is 0 Å². The zero-order valence-electron chi connectivity index (χ0n) is 21.4. The van der Waals surface area contributed by atoms with Gasteiger partial charge in [0.05, 0.1) is 23.6 Å². The summed E-state index contributed by atoms with van der Waals surface area (Å²) in [6.45, 7) is 9.19. The summed E-state index contributed by atoms with van der Waals surface area (Å²) in [6, 6.07) is 11.0. The van der Waals surface area contributed by atoms with E-state index in [1.807, 2.05) is 26.0 Å². The van der Waals surface area contributed by atoms with Gasteiger partial charge in [-0.2, -0.15) is 0 Å². The van der Waals surface area contributed by atoms with Gasteiger partial charge in [-0.05, 0) is 69.0 Å². The van der Waals surface area contributed by atoms with Gasteiger partial charge in [0.15, 0.2) is 0 Å². The van der Waals surface area contributed by atoms with Crippen LogP contribution in [0.4, 0.5) is 14.9 Å². The van der Waals surface area contributed by atoms with Crippen LogP contribution in [0.15, 0.2) is 53.0 Å². The number of benzene rings is 2. The number of nitrogens with zero attached hydrogens (tertiary/aromatic N) is 3. The van der Waals surface area contributed by atoms with Crippen LogP contribution in [0, 0.1) is 23.6 Å². The Labute approximate surface area is 223 Å². The number of rotatable bonds is 4. The minimum Gasteiger partial charge on any atom is -0.300 e. The Morgan fingerprint density at radius 3 is 2.22 bits per heavy atom. The molecule has 7 nitrogen and oxygen atoms in total. The second-order valence-corrected chi connectivity index (χ2v) is 12.4. The molecule has 2 aromatic rings. The predicted octanol–water partition coefficient (Wildman–Crippen LogP) is 5.30. The number of amides is 5. The predicted molar refractivity (Wildman–Crippen MR) is 139 cm³/mol. The third-order valence-corrected chi connectivity index (χ3v) is 8.08. The molecule has 3 aliphatic rings. The van der Waals surface area contributed by atoms with Crippen LogP contribution in [-0.4, -0.2) is 44.6 Å². The van der Waals surface area contributed by atoms with E-state index in [0.717, 1.165) is 15.4 Å². The van der Waals surface area contributed by atoms with Gasteiger partial charge in [-0.3, -0.25) is 19.3 Å². The Hall–Kier alpha value is -3.07. The van der Waals surface area contributed by atoms with Gasteiger partial charge in [0, 0.05) is 10.0 Å². The van der Waals surface area contributed by atoms with Crippen LogP contribution >= 0.6 is 15.9 Å². The lowest BCUT2D eigenvalue weighted by Crippen LogP contribution is -2.56. The van der Waals surface area contributed by atoms with E-state index in [4.69, 9.17) is 0 Å². The van der Waals surface area contributed by atoms with E-state index >= 15 is 0 Å². The second-order valence-electron chi connectivity index (χ2n) is 11.5. The first-order chi connectivity index (χ1) is 17.3. The first-order valence-corrected chi connectivity index (χ1v) is 13.2. The van der Waals surface area contributed by atoms with Gasteiger partial charge in [-0.1, -0.05) is 48.0 Å². The molecule has 194 valence electrons. The number of hydrogen-bond acceptors (Lipinski definition) is 4. The molecule has 0 spiro atoms. The van der Waals surface area contributed by atoms with E-state index in [2.05, 4.69) is 15.9 Å². The third-order valence-electron chi connectivity index (χ3n) is 7.55. The Morgan fingerprint density at radius 2 is 1.65 bits per heavy atom. The molecule has 5 amide bonds. The van der Waals surface area contributed by atoms with Gasteiger partial charge in [-0.15, -0.1) is 0 Å². The number of carbonyl (C=O) groups is 4. The third kappa shape index (κ3) is 3.57. The summed E-state index contributed by atoms with van der Waals surface area (Å²) in [7, 11) is 0. The number of urea groups is 1. The van der Waals surface area contributed by atoms with Gasteiger partial charge in [0.1, 0.15) is 11.4 Å². The molecule has 0 N–H and O–H groups in total. The van der Waals surface area contributed by atoms with Gasteiger partial charge >= 0.3 is 6.03 Å². The van der Waals surface area contributed by atoms with Gasteiger partial charge in [-0.25, -0.2) is 14.1 Å². The Kier molecular flexibility index (Phi) is 5.86. The number of hydrogen-bond donors (Lipinski definition) is 0. The van der Waals surface area contributed by atoms with Crippen molar-refractivity contribution < 1.29 is 23.6 Å². The molecular formula is C28H29BrFN3O4. The van der Waals surface area contributed by atoms with Crippen LogP contribution in [-0.2, 0) is 14.4 Å². The highest BCUT2D eigenvalue weighted by atomic mass is 79.9. The summed E-state index contributed by atoms with van der Waals surface area (Å²) in [4.78, 5) is 60.3. The normalized spacial score (nSPS) is 27.6. The highest BCUT2D eigenvalue weighted by molar-refractivity contribution is 9.10. The van der Waals surface area contributed by atoms with E-state index in [1.165, 1.54) is 28.0 Å². The minimum atomic E-state index is -1.58. The maximum atomic E-state index is 14.4. The molecule has 0 bridgehead atoms. The summed E-state index contributed by atoms with van der Waals surface area (Å²) in [5, 5.41) is 0. The fourth-order valence-electron chi connectivity index (χ4n) is 6.44. The molecule has 2 aromatic carbocycles. The largest absolute Gasteiger partial charge is 0.332 e. The first kappa shape index (κ1) is 25.6. The molecule has 0 saturated carbocycles. The molecule has 3 aliphatic heterocycles. The summed E-state index contributed by atoms with van der Waals surface area (Å²) in [6.07, 6.45) is 0.189. The molecule has 4 atom stereocenters. The van der Waals surface area contributed by atoms with E-state index in [1.54, 1.807) is 32.9 Å². The molecule has 3 saturated heterocycles. The zero-order chi connectivity index (χ0) is 27.0. The van der Waals surface area contributed by atoms with Crippen LogP contribution in [0.2, 0.25) is 0 Å². The number of fused-ring (bicyclic) bond motifs is 3. The first-order valence-electron chi connectivity index (χ1n) is 12.4. The van der Waals surface area contributed by atoms with Crippen molar-refractivity contribution >= 4 is 45.4 Å². The average molecular weight is 570 g/mol. The van der Waals surface area contributed by atoms with Crippen LogP contribution < -0.4 is 4.90 Å². The van der Waals surface area contributed by atoms with Crippen molar-refractivity contribution in [3.05, 3.63) is 64.4 Å². The van der Waals surface area contributed by atoms with Crippen LogP contribution in [0.1, 0.15) is 52.6 Å². The van der Waals surface area contributed by atoms with Gasteiger partial charge in [0.25, 0.3) is 5.91 Å². The van der Waals surface area contributed by atoms with Gasteiger partial charge in [0.2, 0.25) is 11.8 Å². The summed E-state index contributed by atoms with van der Waals surface area (Å²) >= 11 is 3.43. The van der Waals surface area contributed by atoms with Crippen molar-refractivity contribution in [3.63, 3.8) is 0 Å². The van der Waals surface area contributed by atoms with E-state index < -0.39 is 52.6 Å². The summed E-state index contributed by atoms with van der Waals surface area (Å²) in [5.74, 6) is -4.05. The molecule has 9 heteroatoms. The number of anilines is 1. The van der Waals surface area contributed by atoms with Crippen LogP contribution in [0.3, 0.4) is 0 Å². The molecule has 3 fully saturated rings. The van der Waals surface area contributed by atoms with Crippen LogP contribution in [0.25, 0.3) is 0 Å². The number of imide groups is 2. The highest BCUT2D eigenvalue weighted by Crippen LogP contribution is 2.61. The smallest absolute Gasteiger partial charge is 0.300 e. The fourth-order valence-corrected chi connectivity index (χ4v) is 6.70. The molecule has 3 unspecified atom stereocenters. The van der Waals surface area contributed by atoms with E-state index in [9.17, 15) is 23.6 Å². The van der Waals surface area contributed by atoms with Crippen molar-refractivity contribution in [1.29, 1.82) is 0 Å². The number of likely N-dealkylation sites (tertiary alicyclic amines) is 1. The molecule has 0 aromatic heterocycles. The Bertz CT molecular complexity index is 1320. The quantitative estimate of drug-likeness (QED) is 0.370. The number of carbonyl (C=O) groups excluding carboxylic acids is 4. The highest BCUT2D eigenvalue weighted by Gasteiger charge is 2.77. The fraction of sp³-hybridized carbons (Fsp3) is 0.429. The molecule has 0 aliphatic carbocycles. The monoisotopic (exact) mass is 569 g/mol. The van der Waals surface area contributed by atoms with Gasteiger partial charge < -0.3 is 4.90 Å². The van der Waals surface area contributed by atoms with Crippen molar-refractivity contribution in [2.75, 3.05) is 4.90 Å². The lowest BCUT2D eigenvalue weighted by molar-refractivity contribution is -0.149. The Morgan fingerprint density at radius 1 is 1.00 bits per heavy atom. The zero-order valence-corrected chi connectivity index (χ0v) is 23.0. The lowest BCUT2D eigenvalue weighted by Gasteiger charge is -2.38. The number of halogens is 2. The van der Waals surface area contributed by atoms with Crippen molar-refractivity contribution in [3.8, 4) is 0 Å². The van der Waals surface area contributed by atoms with E-state index in [-0.39, 0.29) is 23.9 Å². The maximum Gasteiger partial charge on any atom is 0.332 e. The standard InChI is InChI=1S/C28H29BrFN3O4/c1-15(2)14-28-21-20(23(34)33(24(21)35)27(3,4)5)22(16-9-11-17(29)12-10-16)32(28)26(37)31(25(28)36)19-8-6-7-18(30)13-19/h6-13,15,20-22H,14H2,1-5H3/t20?,21?,22?,28-/m1/s1. The lowest BCUT2D eigenvalue weighted by atomic mass is 9.74. The molecule has 37 heavy (non-hydrogen) atoms. The van der Waals surface area contributed by atoms with Crippen molar-refractivity contribution in [2.24, 2.45) is 17.8 Å². The summed E-state index contributed by atoms with van der Waals surface area (Å²) < 4.78 is 15.0. The van der Waals surface area contributed by atoms with Crippen molar-refractivity contribution in [2.45, 2.75) is 58.2 Å². The summed E-state index contributed by atoms with van der Waals surface area (Å²) in [5.41, 5.74) is -1.63. The minimum absolute atomic E-state index is 0.0809. The molecule has 0 radical (unpaired) electrons. The molecular weight excluding hydrogens is 541 g/mol. The van der Waals surface area contributed by atoms with Crippen molar-refractivity contribution in [1.82, 2.24) is 9.80 Å². The SMILES string of the molecule is CC(C)C[C@@]12C(=O)N(c3cccc(F)c3)C(=O)N1C(c1ccc(Br)cc1)C1C(=O)N(C(C)(C)C)C(=O)C12. The Balaban J connectivity index is 1.78. The second kappa shape index (κ2) is 8.48. The molecule has 3 heterocycles. The maximum absolute atomic E-state index is 14.4. The average Bonchev–Trinajstić information content (AvgIpc) is 3.31.